The van der Waals surface area contributed by atoms with Crippen LogP contribution < -0.4 is 0 Å². The van der Waals surface area contributed by atoms with Gasteiger partial charge in [0, 0.05) is 6.20 Å². The summed E-state index contributed by atoms with van der Waals surface area (Å²) in [7, 11) is 0. The number of carboxylic acid groups (broad SMARTS) is 1. The highest BCUT2D eigenvalue weighted by Gasteiger charge is 2.13. The average Bonchev–Trinajstić information content (AvgIpc) is 2.62. The maximum atomic E-state index is 11.2. The van der Waals surface area contributed by atoms with Crippen molar-refractivity contribution >= 4 is 23.3 Å². The first-order valence-corrected chi connectivity index (χ1v) is 7.44. The van der Waals surface area contributed by atoms with Crippen molar-refractivity contribution in [3.05, 3.63) is 82.8 Å². The molecular formula is C19H11ClN2O2. The molecule has 2 aromatic carbocycles. The van der Waals surface area contributed by atoms with E-state index in [1.807, 2.05) is 42.5 Å². The second-order valence-corrected chi connectivity index (χ2v) is 5.47. The predicted molar refractivity (Wildman–Crippen MR) is 93.3 cm³/mol. The van der Waals surface area contributed by atoms with Crippen LogP contribution in [0.4, 0.5) is 5.69 Å². The van der Waals surface area contributed by atoms with Crippen LogP contribution in [0.5, 0.6) is 0 Å². The number of aromatic carboxylic acids is 1. The summed E-state index contributed by atoms with van der Waals surface area (Å²) in [5, 5.41) is 9.25. The van der Waals surface area contributed by atoms with Crippen LogP contribution in [0.15, 0.2) is 60.8 Å². The molecule has 4 nitrogen and oxygen atoms in total. The highest BCUT2D eigenvalue weighted by atomic mass is 35.5. The first kappa shape index (κ1) is 15.7. The molecule has 0 amide bonds. The number of aromatic nitrogens is 1. The van der Waals surface area contributed by atoms with Crippen LogP contribution in [-0.4, -0.2) is 16.1 Å². The molecule has 0 spiro atoms. The van der Waals surface area contributed by atoms with Gasteiger partial charge in [0.15, 0.2) is 5.69 Å². The van der Waals surface area contributed by atoms with Gasteiger partial charge >= 0.3 is 5.97 Å². The van der Waals surface area contributed by atoms with Gasteiger partial charge in [0.25, 0.3) is 0 Å². The Kier molecular flexibility index (Phi) is 4.28. The average molecular weight is 335 g/mol. The fourth-order valence-electron chi connectivity index (χ4n) is 2.41. The monoisotopic (exact) mass is 334 g/mol. The summed E-state index contributed by atoms with van der Waals surface area (Å²) in [5.41, 5.74) is 3.36. The third kappa shape index (κ3) is 2.98. The number of halogens is 1. The van der Waals surface area contributed by atoms with E-state index in [4.69, 9.17) is 23.3 Å². The lowest BCUT2D eigenvalue weighted by Gasteiger charge is -2.08. The number of benzene rings is 2. The number of hydrogen-bond donors (Lipinski definition) is 1. The Balaban J connectivity index is 2.10. The maximum Gasteiger partial charge on any atom is 0.337 e. The second-order valence-electron chi connectivity index (χ2n) is 5.06. The molecule has 116 valence electrons. The van der Waals surface area contributed by atoms with Crippen molar-refractivity contribution in [1.29, 1.82) is 0 Å². The maximum absolute atomic E-state index is 11.2. The molecule has 1 N–H and O–H groups in total. The zero-order valence-electron chi connectivity index (χ0n) is 12.4. The summed E-state index contributed by atoms with van der Waals surface area (Å²) in [6.07, 6.45) is 1.31. The van der Waals surface area contributed by atoms with Gasteiger partial charge in [-0.3, -0.25) is 4.98 Å². The molecule has 0 aliphatic rings. The Labute approximate surface area is 143 Å². The van der Waals surface area contributed by atoms with E-state index in [1.165, 1.54) is 12.3 Å². The van der Waals surface area contributed by atoms with Crippen LogP contribution in [0, 0.1) is 6.57 Å². The van der Waals surface area contributed by atoms with Crippen molar-refractivity contribution in [1.82, 2.24) is 4.98 Å². The number of nitrogens with zero attached hydrogens (tertiary/aromatic N) is 2. The SMILES string of the molecule is [C-]#[N+]c1cc(-c2cc(C(=O)O)c(Cl)cn2)ccc1-c1ccccc1. The van der Waals surface area contributed by atoms with Crippen LogP contribution in [-0.2, 0) is 0 Å². The Hall–Kier alpha value is -3.16. The highest BCUT2D eigenvalue weighted by Crippen LogP contribution is 2.34. The Morgan fingerprint density at radius 3 is 2.50 bits per heavy atom. The number of carboxylic acids is 1. The zero-order valence-corrected chi connectivity index (χ0v) is 13.2. The molecule has 3 aromatic rings. The normalized spacial score (nSPS) is 10.2. The van der Waals surface area contributed by atoms with Gasteiger partial charge in [-0.25, -0.2) is 9.64 Å². The van der Waals surface area contributed by atoms with Gasteiger partial charge in [-0.05, 0) is 28.8 Å². The molecule has 3 rings (SSSR count). The van der Waals surface area contributed by atoms with Crippen LogP contribution in [0.1, 0.15) is 10.4 Å². The molecule has 0 fully saturated rings. The molecule has 0 aliphatic carbocycles. The molecule has 0 atom stereocenters. The lowest BCUT2D eigenvalue weighted by molar-refractivity contribution is 0.0697. The van der Waals surface area contributed by atoms with E-state index in [0.717, 1.165) is 11.1 Å². The van der Waals surface area contributed by atoms with E-state index >= 15 is 0 Å². The van der Waals surface area contributed by atoms with E-state index in [0.29, 0.717) is 16.9 Å². The quantitative estimate of drug-likeness (QED) is 0.660. The van der Waals surface area contributed by atoms with Gasteiger partial charge < -0.3 is 5.11 Å². The van der Waals surface area contributed by atoms with Crippen molar-refractivity contribution in [2.75, 3.05) is 0 Å². The molecule has 0 bridgehead atoms. The van der Waals surface area contributed by atoms with Gasteiger partial charge in [0.1, 0.15) is 0 Å². The smallest absolute Gasteiger partial charge is 0.337 e. The van der Waals surface area contributed by atoms with E-state index in [9.17, 15) is 4.79 Å². The van der Waals surface area contributed by atoms with Gasteiger partial charge in [0.2, 0.25) is 0 Å². The van der Waals surface area contributed by atoms with Crippen LogP contribution in [0.25, 0.3) is 27.2 Å². The number of carbonyl (C=O) groups is 1. The Morgan fingerprint density at radius 1 is 1.08 bits per heavy atom. The van der Waals surface area contributed by atoms with E-state index in [1.54, 1.807) is 6.07 Å². The summed E-state index contributed by atoms with van der Waals surface area (Å²) in [6, 6.07) is 16.4. The van der Waals surface area contributed by atoms with Crippen LogP contribution in [0.3, 0.4) is 0 Å². The molecule has 24 heavy (non-hydrogen) atoms. The molecule has 1 heterocycles. The Bertz CT molecular complexity index is 963. The largest absolute Gasteiger partial charge is 0.478 e. The first-order chi connectivity index (χ1) is 11.6. The number of rotatable bonds is 3. The van der Waals surface area contributed by atoms with Crippen molar-refractivity contribution in [3.8, 4) is 22.4 Å². The van der Waals surface area contributed by atoms with Crippen LogP contribution in [0.2, 0.25) is 5.02 Å². The minimum atomic E-state index is -1.12. The molecule has 0 radical (unpaired) electrons. The minimum absolute atomic E-state index is 0.0156. The van der Waals surface area contributed by atoms with Gasteiger partial charge in [-0.2, -0.15) is 0 Å². The molecule has 0 saturated carbocycles. The number of pyridine rings is 1. The third-order valence-corrected chi connectivity index (χ3v) is 3.89. The van der Waals surface area contributed by atoms with E-state index < -0.39 is 5.97 Å². The molecule has 0 unspecified atom stereocenters. The van der Waals surface area contributed by atoms with Gasteiger partial charge in [0.05, 0.1) is 22.9 Å². The zero-order chi connectivity index (χ0) is 17.1. The van der Waals surface area contributed by atoms with Crippen molar-refractivity contribution in [3.63, 3.8) is 0 Å². The fraction of sp³-hybridized carbons (Fsp3) is 0. The minimum Gasteiger partial charge on any atom is -0.478 e. The van der Waals surface area contributed by atoms with E-state index in [-0.39, 0.29) is 10.6 Å². The highest BCUT2D eigenvalue weighted by molar-refractivity contribution is 6.33. The van der Waals surface area contributed by atoms with Crippen molar-refractivity contribution in [2.24, 2.45) is 0 Å². The Morgan fingerprint density at radius 2 is 1.83 bits per heavy atom. The summed E-state index contributed by atoms with van der Waals surface area (Å²) in [4.78, 5) is 19.0. The van der Waals surface area contributed by atoms with Crippen molar-refractivity contribution < 1.29 is 9.90 Å². The van der Waals surface area contributed by atoms with Crippen LogP contribution >= 0.6 is 11.6 Å². The molecule has 5 heteroatoms. The van der Waals surface area contributed by atoms with E-state index in [2.05, 4.69) is 9.83 Å². The number of hydrogen-bond acceptors (Lipinski definition) is 2. The summed E-state index contributed by atoms with van der Waals surface area (Å²) in [5.74, 6) is -1.12. The fourth-order valence-corrected chi connectivity index (χ4v) is 2.59. The molecule has 0 aliphatic heterocycles. The second kappa shape index (κ2) is 6.53. The van der Waals surface area contributed by atoms with Gasteiger partial charge in [-0.15, -0.1) is 0 Å². The molecule has 0 saturated heterocycles. The predicted octanol–water partition coefficient (Wildman–Crippen LogP) is 5.32. The summed E-state index contributed by atoms with van der Waals surface area (Å²) >= 11 is 5.85. The first-order valence-electron chi connectivity index (χ1n) is 7.06. The molecule has 1 aromatic heterocycles. The molecular weight excluding hydrogens is 324 g/mol. The summed E-state index contributed by atoms with van der Waals surface area (Å²) < 4.78 is 0. The third-order valence-electron chi connectivity index (χ3n) is 3.58. The topological polar surface area (TPSA) is 54.5 Å². The standard InChI is InChI=1S/C19H11ClN2O2/c1-21-18-9-13(7-8-14(18)12-5-3-2-4-6-12)17-10-15(19(23)24)16(20)11-22-17/h2-11H,(H,23,24). The lowest BCUT2D eigenvalue weighted by atomic mass is 10.00. The van der Waals surface area contributed by atoms with Gasteiger partial charge in [-0.1, -0.05) is 54.1 Å². The lowest BCUT2D eigenvalue weighted by Crippen LogP contribution is -1.99. The van der Waals surface area contributed by atoms with Crippen molar-refractivity contribution in [2.45, 2.75) is 0 Å². The summed E-state index contributed by atoms with van der Waals surface area (Å²) in [6.45, 7) is 7.43.